The molecule has 1 saturated carbocycles. The van der Waals surface area contributed by atoms with Crippen LogP contribution in [0.5, 0.6) is 5.75 Å². The van der Waals surface area contributed by atoms with E-state index >= 15 is 0 Å². The number of hydrazine groups is 1. The number of phenolic OH excluding ortho intramolecular Hbond substituents is 1. The molecule has 4 aliphatic heterocycles. The van der Waals surface area contributed by atoms with Crippen LogP contribution in [0.25, 0.3) is 10.9 Å². The zero-order valence-corrected chi connectivity index (χ0v) is 36.7. The molecular formula is C50H62N8O5. The number of hydrogen-bond acceptors (Lipinski definition) is 8. The Balaban J connectivity index is 0.982. The van der Waals surface area contributed by atoms with Crippen LogP contribution in [0, 0.1) is 5.92 Å². The van der Waals surface area contributed by atoms with Crippen molar-refractivity contribution in [3.05, 3.63) is 114 Å². The number of phenols is 1. The Labute approximate surface area is 371 Å². The van der Waals surface area contributed by atoms with Gasteiger partial charge in [-0.15, -0.1) is 6.58 Å². The van der Waals surface area contributed by atoms with Crippen LogP contribution in [-0.2, 0) is 40.8 Å². The van der Waals surface area contributed by atoms with E-state index in [0.29, 0.717) is 31.1 Å². The molecule has 63 heavy (non-hydrogen) atoms. The van der Waals surface area contributed by atoms with E-state index in [9.17, 15) is 24.3 Å². The van der Waals surface area contributed by atoms with Crippen LogP contribution in [-0.4, -0.2) is 152 Å². The summed E-state index contributed by atoms with van der Waals surface area (Å²) in [7, 11) is 1.96. The molecule has 3 aromatic carbocycles. The van der Waals surface area contributed by atoms with Crippen molar-refractivity contribution >= 4 is 34.5 Å². The van der Waals surface area contributed by atoms with E-state index in [4.69, 9.17) is 0 Å². The Kier molecular flexibility index (Phi) is 12.7. The summed E-state index contributed by atoms with van der Waals surface area (Å²) in [5, 5.41) is 14.4. The SMILES string of the molecule is C=CCN1CC(=O)N2[C@@H](Cc3ccc(O)cc3)C(=O)N(Cc3cccc4c(C(=O)N5CCN6CCN(CC7CCCCC7)CC6C5)cn(C)c34)C[C@@H]2N1C(=O)CCc1ccccc1. The molecular weight excluding hydrogens is 793 g/mol. The van der Waals surface area contributed by atoms with Gasteiger partial charge in [-0.1, -0.05) is 86.0 Å². The second kappa shape index (κ2) is 18.7. The molecule has 4 saturated heterocycles. The van der Waals surface area contributed by atoms with Gasteiger partial charge in [0.05, 0.1) is 24.2 Å². The normalized spacial score (nSPS) is 23.0. The number of nitrogens with zero attached hydrogens (tertiary/aromatic N) is 8. The minimum absolute atomic E-state index is 0.0353. The molecule has 13 heteroatoms. The van der Waals surface area contributed by atoms with Crippen molar-refractivity contribution in [2.75, 3.05) is 65.4 Å². The molecule has 9 rings (SSSR count). The topological polar surface area (TPSA) is 116 Å². The number of carbonyl (C=O) groups is 4. The first-order valence-electron chi connectivity index (χ1n) is 23.1. The van der Waals surface area contributed by atoms with E-state index in [1.807, 2.05) is 71.2 Å². The average Bonchev–Trinajstić information content (AvgIpc) is 3.64. The van der Waals surface area contributed by atoms with E-state index in [1.54, 1.807) is 50.2 Å². The monoisotopic (exact) mass is 854 g/mol. The Morgan fingerprint density at radius 1 is 0.857 bits per heavy atom. The van der Waals surface area contributed by atoms with Gasteiger partial charge in [0.25, 0.3) is 5.91 Å². The van der Waals surface area contributed by atoms with Gasteiger partial charge < -0.3 is 29.3 Å². The zero-order chi connectivity index (χ0) is 43.6. The Bertz CT molecular complexity index is 2310. The maximum absolute atomic E-state index is 14.9. The highest BCUT2D eigenvalue weighted by Crippen LogP contribution is 2.33. The largest absolute Gasteiger partial charge is 0.508 e. The minimum atomic E-state index is -0.891. The molecule has 0 spiro atoms. The van der Waals surface area contributed by atoms with E-state index in [-0.39, 0.29) is 68.4 Å². The van der Waals surface area contributed by atoms with Gasteiger partial charge in [-0.05, 0) is 54.0 Å². The van der Waals surface area contributed by atoms with Gasteiger partial charge >= 0.3 is 0 Å². The second-order valence-corrected chi connectivity index (χ2v) is 18.4. The highest BCUT2D eigenvalue weighted by atomic mass is 16.3. The van der Waals surface area contributed by atoms with Gasteiger partial charge in [-0.2, -0.15) is 0 Å². The van der Waals surface area contributed by atoms with E-state index < -0.39 is 12.2 Å². The smallest absolute Gasteiger partial charge is 0.256 e. The van der Waals surface area contributed by atoms with Gasteiger partial charge in [0.2, 0.25) is 17.7 Å². The number of piperazine rings is 3. The number of hydrogen-bond donors (Lipinski definition) is 1. The van der Waals surface area contributed by atoms with Crippen LogP contribution in [0.2, 0.25) is 0 Å². The summed E-state index contributed by atoms with van der Waals surface area (Å²) < 4.78 is 2.00. The number of carbonyl (C=O) groups excluding carboxylic acids is 4. The molecule has 4 aromatic rings. The molecule has 5 fully saturated rings. The summed E-state index contributed by atoms with van der Waals surface area (Å²) in [5.41, 5.74) is 4.24. The van der Waals surface area contributed by atoms with Crippen molar-refractivity contribution in [1.82, 2.24) is 39.1 Å². The molecule has 13 nitrogen and oxygen atoms in total. The Morgan fingerprint density at radius 3 is 2.41 bits per heavy atom. The van der Waals surface area contributed by atoms with Crippen LogP contribution in [0.4, 0.5) is 0 Å². The van der Waals surface area contributed by atoms with Crippen molar-refractivity contribution < 1.29 is 24.3 Å². The van der Waals surface area contributed by atoms with Gasteiger partial charge in [-0.25, -0.2) is 10.0 Å². The second-order valence-electron chi connectivity index (χ2n) is 18.4. The van der Waals surface area contributed by atoms with Crippen molar-refractivity contribution in [2.24, 2.45) is 13.0 Å². The molecule has 1 unspecified atom stereocenters. The van der Waals surface area contributed by atoms with Gasteiger partial charge in [-0.3, -0.25) is 24.1 Å². The first-order valence-corrected chi connectivity index (χ1v) is 23.1. The highest BCUT2D eigenvalue weighted by Gasteiger charge is 2.51. The molecule has 0 bridgehead atoms. The van der Waals surface area contributed by atoms with Crippen molar-refractivity contribution in [3.8, 4) is 5.75 Å². The number of amides is 4. The predicted octanol–water partition coefficient (Wildman–Crippen LogP) is 4.89. The fourth-order valence-electron chi connectivity index (χ4n) is 11.1. The summed E-state index contributed by atoms with van der Waals surface area (Å²) in [5.74, 6) is 0.354. The molecule has 0 radical (unpaired) electrons. The number of rotatable bonds is 12. The minimum Gasteiger partial charge on any atom is -0.508 e. The molecule has 1 N–H and O–H groups in total. The molecule has 1 aromatic heterocycles. The van der Waals surface area contributed by atoms with Crippen molar-refractivity contribution in [3.63, 3.8) is 0 Å². The summed E-state index contributed by atoms with van der Waals surface area (Å²) >= 11 is 0. The Hall–Kier alpha value is -5.50. The molecule has 5 heterocycles. The van der Waals surface area contributed by atoms with Crippen LogP contribution >= 0.6 is 0 Å². The summed E-state index contributed by atoms with van der Waals surface area (Å²) in [6.45, 7) is 11.1. The molecule has 1 aliphatic carbocycles. The molecule has 5 aliphatic rings. The predicted molar refractivity (Wildman–Crippen MR) is 242 cm³/mol. The van der Waals surface area contributed by atoms with Crippen LogP contribution in [0.1, 0.15) is 65.6 Å². The molecule has 3 atom stereocenters. The first kappa shape index (κ1) is 42.8. The number of aromatic hydroxyl groups is 1. The lowest BCUT2D eigenvalue weighted by molar-refractivity contribution is -0.205. The summed E-state index contributed by atoms with van der Waals surface area (Å²) in [6, 6.07) is 22.0. The maximum Gasteiger partial charge on any atom is 0.256 e. The summed E-state index contributed by atoms with van der Waals surface area (Å²) in [4.78, 5) is 68.6. The lowest BCUT2D eigenvalue weighted by atomic mass is 9.88. The lowest BCUT2D eigenvalue weighted by Crippen LogP contribution is -2.75. The number of benzene rings is 3. The van der Waals surface area contributed by atoms with Crippen molar-refractivity contribution in [1.29, 1.82) is 0 Å². The Morgan fingerprint density at radius 2 is 1.63 bits per heavy atom. The van der Waals surface area contributed by atoms with E-state index in [1.165, 1.54) is 38.6 Å². The van der Waals surface area contributed by atoms with Crippen LogP contribution in [0.15, 0.2) is 91.6 Å². The molecule has 4 amide bonds. The van der Waals surface area contributed by atoms with Gasteiger partial charge in [0.15, 0.2) is 0 Å². The fraction of sp³-hybridized carbons (Fsp3) is 0.480. The lowest BCUT2D eigenvalue weighted by Gasteiger charge is -2.55. The van der Waals surface area contributed by atoms with Gasteiger partial charge in [0, 0.05) is 96.4 Å². The highest BCUT2D eigenvalue weighted by molar-refractivity contribution is 6.08. The number of aryl methyl sites for hydroxylation is 2. The average molecular weight is 855 g/mol. The third-order valence-electron chi connectivity index (χ3n) is 14.2. The fourth-order valence-corrected chi connectivity index (χ4v) is 11.1. The number of aromatic nitrogens is 1. The first-order chi connectivity index (χ1) is 30.6. The third-order valence-corrected chi connectivity index (χ3v) is 14.2. The van der Waals surface area contributed by atoms with Gasteiger partial charge in [0.1, 0.15) is 18.0 Å². The molecule has 332 valence electrons. The van der Waals surface area contributed by atoms with E-state index in [2.05, 4.69) is 16.4 Å². The number of fused-ring (bicyclic) bond motifs is 3. The standard InChI is InChI=1S/C50H62N8O5/c1-3-23-56-35-47(61)57-44(28-37-17-20-41(59)21-18-37)50(63)55(34-45(57)58(56)46(60)22-19-36-11-6-4-7-12-36)30-39-15-10-16-42-43(33-51(2)48(39)42)49(62)54-27-26-53-25-24-52(31-40(53)32-54)29-38-13-8-5-9-14-38/h3-4,6-7,10-12,15-18,20-21,33,38,40,44-45,59H,1,5,8-9,13-14,19,22-32,34-35H2,2H3/t40?,44-,45-/m0/s1. The van der Waals surface area contributed by atoms with Crippen LogP contribution in [0.3, 0.4) is 0 Å². The third kappa shape index (κ3) is 9.01. The van der Waals surface area contributed by atoms with Crippen LogP contribution < -0.4 is 0 Å². The zero-order valence-electron chi connectivity index (χ0n) is 36.7. The van der Waals surface area contributed by atoms with Crippen molar-refractivity contribution in [2.45, 2.75) is 76.2 Å². The summed E-state index contributed by atoms with van der Waals surface area (Å²) in [6.07, 6.45) is 10.6. The van der Waals surface area contributed by atoms with E-state index in [0.717, 1.165) is 59.7 Å². The number of para-hydroxylation sites is 1. The quantitative estimate of drug-likeness (QED) is 0.201. The maximum atomic E-state index is 14.9.